The van der Waals surface area contributed by atoms with Gasteiger partial charge in [-0.05, 0) is 6.07 Å². The van der Waals surface area contributed by atoms with E-state index in [0.29, 0.717) is 57.0 Å². The first-order valence-electron chi connectivity index (χ1n) is 13.7. The van der Waals surface area contributed by atoms with Gasteiger partial charge in [0.1, 0.15) is 28.1 Å². The van der Waals surface area contributed by atoms with Crippen LogP contribution in [-0.2, 0) is 0 Å². The molecule has 0 amide bonds. The summed E-state index contributed by atoms with van der Waals surface area (Å²) in [5.74, 6) is 2.02. The Morgan fingerprint density at radius 1 is 0.477 bits per heavy atom. The summed E-state index contributed by atoms with van der Waals surface area (Å²) in [5, 5.41) is 13.6. The first-order valence-corrected chi connectivity index (χ1v) is 13.7. The zero-order valence-corrected chi connectivity index (χ0v) is 22.6. The zero-order chi connectivity index (χ0) is 29.2. The van der Waals surface area contributed by atoms with Crippen LogP contribution >= 0.6 is 0 Å². The fourth-order valence-electron chi connectivity index (χ4n) is 5.82. The molecular formula is C32H17N12+. The van der Waals surface area contributed by atoms with Gasteiger partial charge in [0.25, 0.3) is 0 Å². The molecule has 12 nitrogen and oxygen atoms in total. The van der Waals surface area contributed by atoms with Crippen LogP contribution in [0.5, 0.6) is 0 Å². The van der Waals surface area contributed by atoms with Gasteiger partial charge in [-0.15, -0.1) is 0 Å². The number of nitrogens with one attached hydrogen (secondary N) is 2. The average Bonchev–Trinajstić information content (AvgIpc) is 3.79. The van der Waals surface area contributed by atoms with Crippen molar-refractivity contribution in [3.8, 4) is 45.6 Å². The molecule has 0 saturated heterocycles. The van der Waals surface area contributed by atoms with E-state index < -0.39 is 0 Å². The minimum atomic E-state index is 0.441. The van der Waals surface area contributed by atoms with Crippen molar-refractivity contribution in [2.75, 3.05) is 0 Å². The highest BCUT2D eigenvalue weighted by Gasteiger charge is 2.23. The highest BCUT2D eigenvalue weighted by molar-refractivity contribution is 6.11. The lowest BCUT2D eigenvalue weighted by Crippen LogP contribution is -1.83. The van der Waals surface area contributed by atoms with E-state index in [2.05, 4.69) is 25.5 Å². The van der Waals surface area contributed by atoms with E-state index in [9.17, 15) is 0 Å². The monoisotopic (exact) mass is 569 g/mol. The second-order valence-electron chi connectivity index (χ2n) is 10.2. The second kappa shape index (κ2) is 9.22. The molecule has 0 spiro atoms. The molecule has 2 N–H and O–H groups in total. The van der Waals surface area contributed by atoms with E-state index in [4.69, 9.17) is 35.4 Å². The van der Waals surface area contributed by atoms with Crippen LogP contribution in [0.1, 0.15) is 0 Å². The fourth-order valence-corrected chi connectivity index (χ4v) is 5.82. The topological polar surface area (TPSA) is 170 Å². The highest BCUT2D eigenvalue weighted by Crippen LogP contribution is 2.38. The highest BCUT2D eigenvalue weighted by atomic mass is 15.4. The molecule has 7 aromatic rings. The lowest BCUT2D eigenvalue weighted by molar-refractivity contribution is 0.865. The van der Waals surface area contributed by atoms with Crippen molar-refractivity contribution in [3.05, 3.63) is 91.0 Å². The molecule has 2 aliphatic rings. The molecule has 0 aliphatic carbocycles. The lowest BCUT2D eigenvalue weighted by Gasteiger charge is -1.96. The summed E-state index contributed by atoms with van der Waals surface area (Å²) >= 11 is 0. The molecule has 2 aliphatic heterocycles. The molecule has 5 heterocycles. The minimum absolute atomic E-state index is 0.441. The maximum absolute atomic E-state index is 8.98. The third-order valence-electron chi connectivity index (χ3n) is 7.75. The van der Waals surface area contributed by atoms with Crippen LogP contribution in [-0.4, -0.2) is 39.9 Å². The molecule has 8 bridgehead atoms. The number of hydrogen-bond donors (Lipinski definition) is 2. The standard InChI is InChI=1S/C32H17N12/c33-43-44-42-23-15-7-14-22-24(23)32-40-30-21-13-6-5-12-20(21)28(38-30)36-26-17-9-2-1-8-16(17)25(34-26)35-27-18-10-3-4-11-19(18)29(37-27)39-31(22)41-32/h1-15H,(H2,34,35,36,37,38,39,40,41)/q+1. The van der Waals surface area contributed by atoms with Crippen LogP contribution in [0.15, 0.2) is 101 Å². The van der Waals surface area contributed by atoms with Gasteiger partial charge in [0.2, 0.25) is 16.1 Å². The van der Waals surface area contributed by atoms with Gasteiger partial charge in [0.15, 0.2) is 23.3 Å². The van der Waals surface area contributed by atoms with Gasteiger partial charge in [-0.1, -0.05) is 84.9 Å². The van der Waals surface area contributed by atoms with Gasteiger partial charge in [0, 0.05) is 38.4 Å². The van der Waals surface area contributed by atoms with Crippen LogP contribution in [0.3, 0.4) is 0 Å². The summed E-state index contributed by atoms with van der Waals surface area (Å²) in [6.45, 7) is 0. The lowest BCUT2D eigenvalue weighted by atomic mass is 10.1. The number of fused-ring (bicyclic) bond motifs is 20. The number of nitrogens with zero attached hydrogens (tertiary/aromatic N) is 10. The third-order valence-corrected chi connectivity index (χ3v) is 7.75. The van der Waals surface area contributed by atoms with Gasteiger partial charge in [-0.2, -0.15) is 0 Å². The first kappa shape index (κ1) is 24.1. The smallest absolute Gasteiger partial charge is 0.232 e. The maximum atomic E-state index is 8.98. The van der Waals surface area contributed by atoms with Crippen molar-refractivity contribution in [1.29, 1.82) is 0 Å². The molecule has 0 fully saturated rings. The minimum Gasteiger partial charge on any atom is -0.324 e. The summed E-state index contributed by atoms with van der Waals surface area (Å²) in [7, 11) is 0. The van der Waals surface area contributed by atoms with E-state index in [1.807, 2.05) is 84.9 Å². The van der Waals surface area contributed by atoms with Gasteiger partial charge >= 0.3 is 0 Å². The summed E-state index contributed by atoms with van der Waals surface area (Å²) < 4.78 is 0. The quantitative estimate of drug-likeness (QED) is 0.179. The molecule has 2 radical (unpaired) electrons. The van der Waals surface area contributed by atoms with E-state index in [1.54, 1.807) is 6.07 Å². The Kier molecular flexibility index (Phi) is 5.05. The molecule has 0 unspecified atom stereocenters. The molecule has 3 aromatic heterocycles. The van der Waals surface area contributed by atoms with Crippen LogP contribution in [0.25, 0.3) is 89.7 Å². The predicted molar refractivity (Wildman–Crippen MR) is 165 cm³/mol. The van der Waals surface area contributed by atoms with Gasteiger partial charge in [-0.3, -0.25) is 0 Å². The Morgan fingerprint density at radius 2 is 0.909 bits per heavy atom. The Hall–Kier alpha value is -6.56. The fraction of sp³-hybridized carbons (Fsp3) is 0. The predicted octanol–water partition coefficient (Wildman–Crippen LogP) is 6.46. The Bertz CT molecular complexity index is 2540. The maximum Gasteiger partial charge on any atom is 0.232 e. The number of benzene rings is 4. The molecule has 0 saturated carbocycles. The number of H-pyrrole nitrogens is 2. The van der Waals surface area contributed by atoms with Crippen molar-refractivity contribution in [3.63, 3.8) is 0 Å². The van der Waals surface area contributed by atoms with Crippen LogP contribution in [0, 0.1) is 0 Å². The van der Waals surface area contributed by atoms with Crippen molar-refractivity contribution in [2.45, 2.75) is 0 Å². The van der Waals surface area contributed by atoms with Crippen molar-refractivity contribution in [2.24, 2.45) is 10.3 Å². The Morgan fingerprint density at radius 3 is 1.43 bits per heavy atom. The second-order valence-corrected chi connectivity index (χ2v) is 10.2. The molecule has 204 valence electrons. The molecule has 0 atom stereocenters. The van der Waals surface area contributed by atoms with Crippen LogP contribution < -0.4 is 10.8 Å². The third kappa shape index (κ3) is 3.57. The molecule has 44 heavy (non-hydrogen) atoms. The van der Waals surface area contributed by atoms with Crippen LogP contribution in [0.4, 0.5) is 5.69 Å². The van der Waals surface area contributed by atoms with Crippen molar-refractivity contribution in [1.82, 2.24) is 50.6 Å². The molecule has 12 heteroatoms. The Labute approximate surface area is 247 Å². The molecular weight excluding hydrogens is 552 g/mol. The average molecular weight is 570 g/mol. The van der Waals surface area contributed by atoms with Gasteiger partial charge in [0.05, 0.1) is 10.5 Å². The van der Waals surface area contributed by atoms with E-state index in [-0.39, 0.29) is 0 Å². The molecule has 4 aromatic carbocycles. The van der Waals surface area contributed by atoms with Gasteiger partial charge in [-0.25, -0.2) is 29.9 Å². The van der Waals surface area contributed by atoms with E-state index in [1.165, 1.54) is 0 Å². The SMILES string of the molecule is [N]=[N+]N=Nc1cccc2c3nc4nc(nc5[nH]c(nc6nc(nc([nH]3)c12)-c1ccccc1-6)c1ccccc51)-c1ccccc1-4. The molecule has 9 rings (SSSR count). The largest absolute Gasteiger partial charge is 0.324 e. The summed E-state index contributed by atoms with van der Waals surface area (Å²) in [4.78, 5) is 36.5. The number of rotatable bonds is 2. The summed E-state index contributed by atoms with van der Waals surface area (Å²) in [6.07, 6.45) is 0. The first-order chi connectivity index (χ1) is 21.7. The normalized spacial score (nSPS) is 12.1. The summed E-state index contributed by atoms with van der Waals surface area (Å²) in [5.41, 5.74) is 15.1. The zero-order valence-electron chi connectivity index (χ0n) is 22.6. The van der Waals surface area contributed by atoms with E-state index in [0.717, 1.165) is 38.4 Å². The number of hydrogen-bond acceptors (Lipinski definition) is 7. The summed E-state index contributed by atoms with van der Waals surface area (Å²) in [6, 6.07) is 29.1. The Balaban J connectivity index is 1.51. The number of aromatic nitrogens is 8. The van der Waals surface area contributed by atoms with Crippen molar-refractivity contribution < 1.29 is 0 Å². The van der Waals surface area contributed by atoms with E-state index >= 15 is 0 Å². The van der Waals surface area contributed by atoms with Crippen molar-refractivity contribution >= 4 is 49.8 Å². The van der Waals surface area contributed by atoms with Crippen LogP contribution in [0.2, 0.25) is 0 Å². The number of aromatic amines is 2. The van der Waals surface area contributed by atoms with Gasteiger partial charge < -0.3 is 9.97 Å².